The van der Waals surface area contributed by atoms with Crippen molar-refractivity contribution < 1.29 is 14.3 Å². The number of likely N-dealkylation sites (N-methyl/N-ethyl adjacent to an activating group) is 1. The van der Waals surface area contributed by atoms with Gasteiger partial charge in [-0.25, -0.2) is 4.98 Å². The molecule has 2 aliphatic rings. The zero-order chi connectivity index (χ0) is 29.5. The summed E-state index contributed by atoms with van der Waals surface area (Å²) in [7, 11) is 5.85. The first-order chi connectivity index (χ1) is 19.7. The number of benzene rings is 1. The Morgan fingerprint density at radius 3 is 2.37 bits per heavy atom. The lowest BCUT2D eigenvalue weighted by molar-refractivity contribution is -0.117. The first-order valence-corrected chi connectivity index (χ1v) is 14.8. The van der Waals surface area contributed by atoms with Crippen molar-refractivity contribution in [3.8, 4) is 11.1 Å². The first-order valence-electron chi connectivity index (χ1n) is 14.8. The number of rotatable bonds is 10. The molecule has 2 aliphatic heterocycles. The molecule has 3 heterocycles. The molecular weight excluding hydrogens is 516 g/mol. The lowest BCUT2D eigenvalue weighted by Gasteiger charge is -2.37. The number of piperidine rings is 1. The number of amides is 2. The van der Waals surface area contributed by atoms with Crippen molar-refractivity contribution >= 4 is 23.3 Å². The van der Waals surface area contributed by atoms with Gasteiger partial charge < -0.3 is 30.1 Å². The summed E-state index contributed by atoms with van der Waals surface area (Å²) in [6.45, 7) is 12.3. The molecule has 0 radical (unpaired) electrons. The fourth-order valence-electron chi connectivity index (χ4n) is 5.92. The van der Waals surface area contributed by atoms with E-state index in [0.717, 1.165) is 86.7 Å². The molecule has 2 fully saturated rings. The number of ether oxygens (including phenoxy) is 1. The number of hydrogen-bond acceptors (Lipinski definition) is 7. The third-order valence-electron chi connectivity index (χ3n) is 8.52. The van der Waals surface area contributed by atoms with E-state index in [0.29, 0.717) is 23.2 Å². The summed E-state index contributed by atoms with van der Waals surface area (Å²) < 4.78 is 5.63. The molecule has 1 aromatic carbocycles. The molecule has 2 saturated heterocycles. The lowest BCUT2D eigenvalue weighted by Crippen LogP contribution is -2.42. The van der Waals surface area contributed by atoms with E-state index in [1.165, 1.54) is 0 Å². The molecule has 222 valence electrons. The average Bonchev–Trinajstić information content (AvgIpc) is 3.01. The van der Waals surface area contributed by atoms with Crippen molar-refractivity contribution in [2.45, 2.75) is 51.6 Å². The fraction of sp³-hybridized carbons (Fsp3) is 0.531. The standard InChI is InChI=1S/C32H46N6O3/c1-7-38(27-12-16-41-17-13-27)29-19-25(18-28(23(29)3)32(40)35-20-22(2)31(39)33-4)24-8-9-30(34-21-24)37-14-10-26(11-15-37)36(5)6/h8-9,18-19,21,26-27H,2,7,10-17,20H2,1,3-6H3,(H,33,39)(H,35,40). The Kier molecular flexibility index (Phi) is 10.4. The molecule has 1 aromatic heterocycles. The predicted octanol–water partition coefficient (Wildman–Crippen LogP) is 3.62. The second-order valence-electron chi connectivity index (χ2n) is 11.2. The fourth-order valence-corrected chi connectivity index (χ4v) is 5.92. The van der Waals surface area contributed by atoms with Gasteiger partial charge in [-0.1, -0.05) is 6.58 Å². The second kappa shape index (κ2) is 14.0. The van der Waals surface area contributed by atoms with Gasteiger partial charge in [-0.3, -0.25) is 9.59 Å². The molecule has 9 heteroatoms. The normalized spacial score (nSPS) is 16.5. The number of aromatic nitrogens is 1. The highest BCUT2D eigenvalue weighted by Gasteiger charge is 2.26. The second-order valence-corrected chi connectivity index (χ2v) is 11.2. The van der Waals surface area contributed by atoms with E-state index in [4.69, 9.17) is 9.72 Å². The van der Waals surface area contributed by atoms with E-state index in [1.54, 1.807) is 7.05 Å². The van der Waals surface area contributed by atoms with Crippen LogP contribution < -0.4 is 20.4 Å². The highest BCUT2D eigenvalue weighted by Crippen LogP contribution is 2.34. The van der Waals surface area contributed by atoms with Gasteiger partial charge >= 0.3 is 0 Å². The third-order valence-corrected chi connectivity index (χ3v) is 8.52. The van der Waals surface area contributed by atoms with Crippen molar-refractivity contribution in [1.82, 2.24) is 20.5 Å². The molecule has 0 saturated carbocycles. The van der Waals surface area contributed by atoms with Crippen LogP contribution >= 0.6 is 0 Å². The Hall–Kier alpha value is -3.43. The molecule has 0 bridgehead atoms. The predicted molar refractivity (Wildman–Crippen MR) is 166 cm³/mol. The lowest BCUT2D eigenvalue weighted by atomic mass is 9.95. The van der Waals surface area contributed by atoms with Crippen LogP contribution in [0.2, 0.25) is 0 Å². The topological polar surface area (TPSA) is 90.0 Å². The van der Waals surface area contributed by atoms with E-state index >= 15 is 0 Å². The van der Waals surface area contributed by atoms with Gasteiger partial charge in [0.25, 0.3) is 5.91 Å². The highest BCUT2D eigenvalue weighted by molar-refractivity contribution is 6.00. The minimum atomic E-state index is -0.287. The van der Waals surface area contributed by atoms with Crippen LogP contribution in [0.1, 0.15) is 48.5 Å². The summed E-state index contributed by atoms with van der Waals surface area (Å²) in [5.74, 6) is 0.471. The molecule has 41 heavy (non-hydrogen) atoms. The van der Waals surface area contributed by atoms with Gasteiger partial charge in [0.15, 0.2) is 0 Å². The summed E-state index contributed by atoms with van der Waals surface area (Å²) in [4.78, 5) is 37.3. The van der Waals surface area contributed by atoms with Gasteiger partial charge in [-0.15, -0.1) is 0 Å². The number of carbonyl (C=O) groups excluding carboxylic acids is 2. The Morgan fingerprint density at radius 1 is 1.07 bits per heavy atom. The van der Waals surface area contributed by atoms with Crippen LogP contribution in [-0.4, -0.2) is 94.3 Å². The van der Waals surface area contributed by atoms with Gasteiger partial charge in [0, 0.05) is 87.1 Å². The average molecular weight is 563 g/mol. The maximum atomic E-state index is 13.5. The van der Waals surface area contributed by atoms with Crippen LogP contribution in [0.25, 0.3) is 11.1 Å². The Bertz CT molecular complexity index is 1210. The largest absolute Gasteiger partial charge is 0.381 e. The molecule has 2 amide bonds. The zero-order valence-corrected chi connectivity index (χ0v) is 25.3. The van der Waals surface area contributed by atoms with Crippen LogP contribution in [-0.2, 0) is 9.53 Å². The van der Waals surface area contributed by atoms with Gasteiger partial charge in [-0.05, 0) is 89.0 Å². The van der Waals surface area contributed by atoms with Gasteiger partial charge in [0.1, 0.15) is 5.82 Å². The highest BCUT2D eigenvalue weighted by atomic mass is 16.5. The number of hydrogen-bond donors (Lipinski definition) is 2. The van der Waals surface area contributed by atoms with Crippen molar-refractivity contribution in [3.05, 3.63) is 53.7 Å². The maximum absolute atomic E-state index is 13.5. The monoisotopic (exact) mass is 562 g/mol. The van der Waals surface area contributed by atoms with Gasteiger partial charge in [0.05, 0.1) is 0 Å². The van der Waals surface area contributed by atoms with Crippen molar-refractivity contribution in [2.75, 3.05) is 70.3 Å². The maximum Gasteiger partial charge on any atom is 0.251 e. The van der Waals surface area contributed by atoms with Crippen LogP contribution in [0.15, 0.2) is 42.6 Å². The Labute approximate surface area is 244 Å². The Balaban J connectivity index is 1.64. The SMILES string of the molecule is C=C(CNC(=O)c1cc(-c2ccc(N3CCC(N(C)C)CC3)nc2)cc(N(CC)C2CCOCC2)c1C)C(=O)NC. The smallest absolute Gasteiger partial charge is 0.251 e. The van der Waals surface area contributed by atoms with Crippen LogP contribution in [0, 0.1) is 6.92 Å². The quantitative estimate of drug-likeness (QED) is 0.428. The summed E-state index contributed by atoms with van der Waals surface area (Å²) in [5.41, 5.74) is 4.76. The number of pyridine rings is 1. The molecule has 2 N–H and O–H groups in total. The summed E-state index contributed by atoms with van der Waals surface area (Å²) >= 11 is 0. The van der Waals surface area contributed by atoms with E-state index < -0.39 is 0 Å². The van der Waals surface area contributed by atoms with Crippen LogP contribution in [0.5, 0.6) is 0 Å². The molecule has 0 spiro atoms. The summed E-state index contributed by atoms with van der Waals surface area (Å²) in [6, 6.07) is 9.29. The number of nitrogens with one attached hydrogen (secondary N) is 2. The van der Waals surface area contributed by atoms with E-state index in [2.05, 4.69) is 71.1 Å². The Morgan fingerprint density at radius 2 is 1.78 bits per heavy atom. The number of carbonyl (C=O) groups is 2. The molecule has 2 aromatic rings. The molecular formula is C32H46N6O3. The van der Waals surface area contributed by atoms with Crippen molar-refractivity contribution in [1.29, 1.82) is 0 Å². The third kappa shape index (κ3) is 7.26. The molecule has 4 rings (SSSR count). The number of anilines is 2. The zero-order valence-electron chi connectivity index (χ0n) is 25.3. The van der Waals surface area contributed by atoms with Crippen LogP contribution in [0.3, 0.4) is 0 Å². The molecule has 9 nitrogen and oxygen atoms in total. The summed E-state index contributed by atoms with van der Waals surface area (Å²) in [6.07, 6.45) is 6.07. The van der Waals surface area contributed by atoms with E-state index in [1.807, 2.05) is 19.2 Å². The minimum Gasteiger partial charge on any atom is -0.381 e. The van der Waals surface area contributed by atoms with Gasteiger partial charge in [-0.2, -0.15) is 0 Å². The number of nitrogens with zero attached hydrogens (tertiary/aromatic N) is 4. The van der Waals surface area contributed by atoms with Crippen molar-refractivity contribution in [2.24, 2.45) is 0 Å². The summed E-state index contributed by atoms with van der Waals surface area (Å²) in [5, 5.41) is 5.45. The van der Waals surface area contributed by atoms with Gasteiger partial charge in [0.2, 0.25) is 5.91 Å². The molecule has 0 aliphatic carbocycles. The molecule has 0 unspecified atom stereocenters. The first kappa shape index (κ1) is 30.5. The van der Waals surface area contributed by atoms with E-state index in [-0.39, 0.29) is 18.4 Å². The molecule has 0 atom stereocenters. The van der Waals surface area contributed by atoms with Crippen LogP contribution in [0.4, 0.5) is 11.5 Å². The van der Waals surface area contributed by atoms with Crippen molar-refractivity contribution in [3.63, 3.8) is 0 Å². The minimum absolute atomic E-state index is 0.0791. The van der Waals surface area contributed by atoms with E-state index in [9.17, 15) is 9.59 Å².